The van der Waals surface area contributed by atoms with Gasteiger partial charge in [0, 0.05) is 26.7 Å². The molecule has 0 aliphatic carbocycles. The van der Waals surface area contributed by atoms with Crippen molar-refractivity contribution in [2.75, 3.05) is 58.1 Å². The molecule has 1 heterocycles. The highest BCUT2D eigenvalue weighted by Crippen LogP contribution is 2.21. The van der Waals surface area contributed by atoms with Crippen molar-refractivity contribution in [2.45, 2.75) is 13.8 Å². The summed E-state index contributed by atoms with van der Waals surface area (Å²) in [5, 5.41) is 3.28. The van der Waals surface area contributed by atoms with Crippen molar-refractivity contribution in [1.29, 1.82) is 0 Å². The summed E-state index contributed by atoms with van der Waals surface area (Å²) < 4.78 is 10.7. The van der Waals surface area contributed by atoms with Crippen LogP contribution in [0.4, 0.5) is 11.5 Å². The number of nitrogen functional groups attached to an aromatic ring is 1. The van der Waals surface area contributed by atoms with E-state index in [1.54, 1.807) is 7.11 Å². The predicted molar refractivity (Wildman–Crippen MR) is 86.8 cm³/mol. The Balaban J connectivity index is 2.43. The van der Waals surface area contributed by atoms with Gasteiger partial charge in [-0.25, -0.2) is 0 Å². The second-order valence-electron chi connectivity index (χ2n) is 5.52. The lowest BCUT2D eigenvalue weighted by Crippen LogP contribution is -2.28. The third kappa shape index (κ3) is 7.15. The maximum Gasteiger partial charge on any atom is 0.239 e. The summed E-state index contributed by atoms with van der Waals surface area (Å²) in [6, 6.07) is 3.69. The lowest BCUT2D eigenvalue weighted by atomic mass is 10.2. The minimum atomic E-state index is 0.442. The fraction of sp³-hybridized carbons (Fsp3) is 0.667. The van der Waals surface area contributed by atoms with E-state index in [0.717, 1.165) is 32.1 Å². The fourth-order valence-corrected chi connectivity index (χ4v) is 1.64. The number of methoxy groups -OCH3 is 1. The summed E-state index contributed by atoms with van der Waals surface area (Å²) in [6.45, 7) is 8.17. The molecule has 6 heteroatoms. The Morgan fingerprint density at radius 1 is 1.33 bits per heavy atom. The molecule has 0 radical (unpaired) electrons. The van der Waals surface area contributed by atoms with Gasteiger partial charge in [-0.3, -0.25) is 0 Å². The molecule has 0 spiro atoms. The van der Waals surface area contributed by atoms with E-state index in [1.165, 1.54) is 0 Å². The summed E-state index contributed by atoms with van der Waals surface area (Å²) in [4.78, 5) is 6.60. The number of ether oxygens (including phenoxy) is 2. The highest BCUT2D eigenvalue weighted by Gasteiger charge is 2.06. The van der Waals surface area contributed by atoms with Gasteiger partial charge in [-0.2, -0.15) is 4.98 Å². The standard InChI is InChI=1S/C15H28N4O2/c1-12(2)11-21-15-13(16)5-6-14(18-15)17-7-8-19(3)9-10-20-4/h5-6,12H,7-11,16H2,1-4H3,(H,17,18). The molecule has 1 rings (SSSR count). The maximum absolute atomic E-state index is 5.87. The van der Waals surface area contributed by atoms with Gasteiger partial charge in [0.1, 0.15) is 5.82 Å². The van der Waals surface area contributed by atoms with Crippen molar-refractivity contribution in [3.05, 3.63) is 12.1 Å². The molecule has 0 aromatic carbocycles. The molecule has 0 fully saturated rings. The van der Waals surface area contributed by atoms with Crippen LogP contribution in [-0.4, -0.2) is 56.9 Å². The van der Waals surface area contributed by atoms with Gasteiger partial charge in [0.25, 0.3) is 0 Å². The number of likely N-dealkylation sites (N-methyl/N-ethyl adjacent to an activating group) is 1. The summed E-state index contributed by atoms with van der Waals surface area (Å²) in [7, 11) is 3.78. The van der Waals surface area contributed by atoms with Crippen molar-refractivity contribution in [1.82, 2.24) is 9.88 Å². The van der Waals surface area contributed by atoms with E-state index in [2.05, 4.69) is 36.1 Å². The minimum absolute atomic E-state index is 0.442. The molecule has 1 aromatic rings. The lowest BCUT2D eigenvalue weighted by Gasteiger charge is -2.17. The number of hydrogen-bond donors (Lipinski definition) is 2. The van der Waals surface area contributed by atoms with E-state index in [9.17, 15) is 0 Å². The minimum Gasteiger partial charge on any atom is -0.476 e. The number of aromatic nitrogens is 1. The Hall–Kier alpha value is -1.53. The third-order valence-electron chi connectivity index (χ3n) is 2.92. The molecule has 3 N–H and O–H groups in total. The number of nitrogens with one attached hydrogen (secondary N) is 1. The molecular weight excluding hydrogens is 268 g/mol. The molecule has 0 aliphatic rings. The molecule has 0 saturated carbocycles. The Bertz CT molecular complexity index is 413. The van der Waals surface area contributed by atoms with Gasteiger partial charge < -0.3 is 25.4 Å². The van der Waals surface area contributed by atoms with E-state index in [-0.39, 0.29) is 0 Å². The van der Waals surface area contributed by atoms with E-state index < -0.39 is 0 Å². The quantitative estimate of drug-likeness (QED) is 0.684. The van der Waals surface area contributed by atoms with E-state index in [4.69, 9.17) is 15.2 Å². The zero-order chi connectivity index (χ0) is 15.7. The lowest BCUT2D eigenvalue weighted by molar-refractivity contribution is 0.163. The second-order valence-corrected chi connectivity index (χ2v) is 5.52. The number of nitrogens with two attached hydrogens (primary N) is 1. The van der Waals surface area contributed by atoms with Crippen molar-refractivity contribution < 1.29 is 9.47 Å². The van der Waals surface area contributed by atoms with E-state index in [1.807, 2.05) is 12.1 Å². The first kappa shape index (κ1) is 17.5. The van der Waals surface area contributed by atoms with Gasteiger partial charge in [0.05, 0.1) is 18.9 Å². The molecule has 21 heavy (non-hydrogen) atoms. The van der Waals surface area contributed by atoms with Crippen molar-refractivity contribution >= 4 is 11.5 Å². The number of pyridine rings is 1. The zero-order valence-corrected chi connectivity index (χ0v) is 13.6. The second kappa shape index (κ2) is 9.41. The Morgan fingerprint density at radius 3 is 2.76 bits per heavy atom. The Kier molecular flexibility index (Phi) is 7.85. The van der Waals surface area contributed by atoms with Gasteiger partial charge in [-0.05, 0) is 25.1 Å². The predicted octanol–water partition coefficient (Wildman–Crippen LogP) is 1.69. The highest BCUT2D eigenvalue weighted by atomic mass is 16.5. The van der Waals surface area contributed by atoms with Gasteiger partial charge in [0.15, 0.2) is 0 Å². The molecule has 0 saturated heterocycles. The first-order valence-electron chi connectivity index (χ1n) is 7.33. The topological polar surface area (TPSA) is 72.6 Å². The SMILES string of the molecule is COCCN(C)CCNc1ccc(N)c(OCC(C)C)n1. The van der Waals surface area contributed by atoms with Crippen molar-refractivity contribution in [3.63, 3.8) is 0 Å². The van der Waals surface area contributed by atoms with Crippen LogP contribution in [0, 0.1) is 5.92 Å². The first-order chi connectivity index (χ1) is 10.0. The Labute approximate surface area is 127 Å². The molecule has 6 nitrogen and oxygen atoms in total. The summed E-state index contributed by atoms with van der Waals surface area (Å²) in [5.41, 5.74) is 6.44. The number of rotatable bonds is 10. The third-order valence-corrected chi connectivity index (χ3v) is 2.92. The van der Waals surface area contributed by atoms with Crippen molar-refractivity contribution in [3.8, 4) is 5.88 Å². The van der Waals surface area contributed by atoms with Crippen LogP contribution in [0.1, 0.15) is 13.8 Å². The normalized spacial score (nSPS) is 11.1. The zero-order valence-electron chi connectivity index (χ0n) is 13.6. The average molecular weight is 296 g/mol. The number of anilines is 2. The molecule has 0 atom stereocenters. The number of hydrogen-bond acceptors (Lipinski definition) is 6. The van der Waals surface area contributed by atoms with Crippen LogP contribution in [0.15, 0.2) is 12.1 Å². The van der Waals surface area contributed by atoms with Crippen LogP contribution >= 0.6 is 0 Å². The van der Waals surface area contributed by atoms with Gasteiger partial charge >= 0.3 is 0 Å². The van der Waals surface area contributed by atoms with E-state index in [0.29, 0.717) is 24.1 Å². The molecular formula is C15H28N4O2. The molecule has 1 aromatic heterocycles. The van der Waals surface area contributed by atoms with Crippen LogP contribution < -0.4 is 15.8 Å². The van der Waals surface area contributed by atoms with Crippen LogP contribution in [0.3, 0.4) is 0 Å². The van der Waals surface area contributed by atoms with Gasteiger partial charge in [-0.15, -0.1) is 0 Å². The molecule has 0 unspecified atom stereocenters. The number of nitrogens with zero attached hydrogens (tertiary/aromatic N) is 2. The smallest absolute Gasteiger partial charge is 0.239 e. The molecule has 120 valence electrons. The van der Waals surface area contributed by atoms with E-state index >= 15 is 0 Å². The Morgan fingerprint density at radius 2 is 2.10 bits per heavy atom. The van der Waals surface area contributed by atoms with Crippen LogP contribution in [0.2, 0.25) is 0 Å². The fourth-order valence-electron chi connectivity index (χ4n) is 1.64. The molecule has 0 amide bonds. The summed E-state index contributed by atoms with van der Waals surface area (Å²) in [6.07, 6.45) is 0. The van der Waals surface area contributed by atoms with Crippen LogP contribution in [0.5, 0.6) is 5.88 Å². The van der Waals surface area contributed by atoms with Crippen LogP contribution in [-0.2, 0) is 4.74 Å². The summed E-state index contributed by atoms with van der Waals surface area (Å²) in [5.74, 6) is 1.72. The maximum atomic E-state index is 5.87. The monoisotopic (exact) mass is 296 g/mol. The van der Waals surface area contributed by atoms with Gasteiger partial charge in [-0.1, -0.05) is 13.8 Å². The molecule has 0 aliphatic heterocycles. The summed E-state index contributed by atoms with van der Waals surface area (Å²) >= 11 is 0. The largest absolute Gasteiger partial charge is 0.476 e. The van der Waals surface area contributed by atoms with Gasteiger partial charge in [0.2, 0.25) is 5.88 Å². The molecule has 0 bridgehead atoms. The highest BCUT2D eigenvalue weighted by molar-refractivity contribution is 5.53. The average Bonchev–Trinajstić information content (AvgIpc) is 2.45. The van der Waals surface area contributed by atoms with Crippen molar-refractivity contribution in [2.24, 2.45) is 5.92 Å². The van der Waals surface area contributed by atoms with Crippen LogP contribution in [0.25, 0.3) is 0 Å². The first-order valence-corrected chi connectivity index (χ1v) is 7.33.